The van der Waals surface area contributed by atoms with Crippen LogP contribution >= 0.6 is 0 Å². The van der Waals surface area contributed by atoms with Gasteiger partial charge in [-0.2, -0.15) is 0 Å². The molecule has 2 atom stereocenters. The Balaban J connectivity index is 2.07. The first-order chi connectivity index (χ1) is 7.79. The van der Waals surface area contributed by atoms with Crippen molar-refractivity contribution in [2.45, 2.75) is 44.9 Å². The average Bonchev–Trinajstić information content (AvgIpc) is 2.59. The molecule has 0 bridgehead atoms. The Hall–Kier alpha value is -0.700. The van der Waals surface area contributed by atoms with E-state index >= 15 is 0 Å². The van der Waals surface area contributed by atoms with Crippen molar-refractivity contribution in [1.29, 1.82) is 0 Å². The molecule has 1 heterocycles. The summed E-state index contributed by atoms with van der Waals surface area (Å²) < 4.78 is 5.32. The predicted molar refractivity (Wildman–Crippen MR) is 60.1 cm³/mol. The van der Waals surface area contributed by atoms with E-state index in [1.165, 1.54) is 0 Å². The lowest BCUT2D eigenvalue weighted by molar-refractivity contribution is -0.132. The van der Waals surface area contributed by atoms with Crippen LogP contribution in [-0.2, 0) is 14.3 Å². The van der Waals surface area contributed by atoms with Crippen LogP contribution in [0.25, 0.3) is 0 Å². The molecule has 0 aromatic heterocycles. The summed E-state index contributed by atoms with van der Waals surface area (Å²) in [5, 5.41) is 0. The SMILES string of the molecule is O=C1CCCCCC1C1CCOCCC1=O. The maximum atomic E-state index is 12.0. The van der Waals surface area contributed by atoms with Gasteiger partial charge in [-0.05, 0) is 19.3 Å². The van der Waals surface area contributed by atoms with Crippen LogP contribution in [0.3, 0.4) is 0 Å². The smallest absolute Gasteiger partial charge is 0.139 e. The van der Waals surface area contributed by atoms with Gasteiger partial charge in [-0.1, -0.05) is 12.8 Å². The maximum Gasteiger partial charge on any atom is 0.139 e. The third-order valence-corrected chi connectivity index (χ3v) is 3.82. The highest BCUT2D eigenvalue weighted by Crippen LogP contribution is 2.30. The molecule has 3 nitrogen and oxygen atoms in total. The molecule has 3 heteroatoms. The van der Waals surface area contributed by atoms with Crippen molar-refractivity contribution in [2.24, 2.45) is 11.8 Å². The van der Waals surface area contributed by atoms with Crippen molar-refractivity contribution >= 4 is 11.6 Å². The summed E-state index contributed by atoms with van der Waals surface area (Å²) in [6.07, 6.45) is 6.07. The topological polar surface area (TPSA) is 43.4 Å². The van der Waals surface area contributed by atoms with Gasteiger partial charge in [0.25, 0.3) is 0 Å². The zero-order valence-corrected chi connectivity index (χ0v) is 9.74. The van der Waals surface area contributed by atoms with Crippen LogP contribution in [0, 0.1) is 11.8 Å². The number of carbonyl (C=O) groups is 2. The van der Waals surface area contributed by atoms with Crippen LogP contribution < -0.4 is 0 Å². The molecule has 16 heavy (non-hydrogen) atoms. The second kappa shape index (κ2) is 5.58. The number of rotatable bonds is 1. The summed E-state index contributed by atoms with van der Waals surface area (Å²) in [5.41, 5.74) is 0. The van der Waals surface area contributed by atoms with Crippen LogP contribution in [0.1, 0.15) is 44.9 Å². The molecule has 1 aliphatic heterocycles. The fourth-order valence-corrected chi connectivity index (χ4v) is 2.87. The molecule has 2 rings (SSSR count). The molecule has 0 N–H and O–H groups in total. The van der Waals surface area contributed by atoms with Gasteiger partial charge in [-0.3, -0.25) is 9.59 Å². The van der Waals surface area contributed by atoms with Crippen LogP contribution in [0.15, 0.2) is 0 Å². The van der Waals surface area contributed by atoms with Gasteiger partial charge in [-0.25, -0.2) is 0 Å². The van der Waals surface area contributed by atoms with Gasteiger partial charge < -0.3 is 4.74 Å². The van der Waals surface area contributed by atoms with E-state index in [0.717, 1.165) is 32.1 Å². The standard InChI is InChI=1S/C13H20O3/c14-12-5-3-1-2-4-10(12)11-6-8-16-9-7-13(11)15/h10-11H,1-9H2. The normalized spacial score (nSPS) is 33.2. The van der Waals surface area contributed by atoms with E-state index in [-0.39, 0.29) is 17.6 Å². The molecule has 2 unspecified atom stereocenters. The van der Waals surface area contributed by atoms with E-state index in [1.807, 2.05) is 0 Å². The zero-order valence-electron chi connectivity index (χ0n) is 9.74. The minimum absolute atomic E-state index is 0.00306. The molecule has 2 aliphatic rings. The molecule has 0 spiro atoms. The van der Waals surface area contributed by atoms with Gasteiger partial charge in [0, 0.05) is 31.3 Å². The number of hydrogen-bond donors (Lipinski definition) is 0. The molecule has 0 amide bonds. The summed E-state index contributed by atoms with van der Waals surface area (Å²) in [6.45, 7) is 1.18. The first-order valence-corrected chi connectivity index (χ1v) is 6.42. The van der Waals surface area contributed by atoms with Gasteiger partial charge in [0.2, 0.25) is 0 Å². The van der Waals surface area contributed by atoms with E-state index < -0.39 is 0 Å². The van der Waals surface area contributed by atoms with Crippen molar-refractivity contribution in [3.05, 3.63) is 0 Å². The van der Waals surface area contributed by atoms with Crippen molar-refractivity contribution in [3.63, 3.8) is 0 Å². The Labute approximate surface area is 96.5 Å². The van der Waals surface area contributed by atoms with Gasteiger partial charge in [0.15, 0.2) is 0 Å². The Morgan fingerprint density at radius 2 is 1.56 bits per heavy atom. The number of hydrogen-bond acceptors (Lipinski definition) is 3. The number of Topliss-reactive ketones (excluding diaryl/α,β-unsaturated/α-hetero) is 2. The van der Waals surface area contributed by atoms with E-state index in [9.17, 15) is 9.59 Å². The van der Waals surface area contributed by atoms with E-state index in [1.54, 1.807) is 0 Å². The summed E-state index contributed by atoms with van der Waals surface area (Å²) in [5.74, 6) is 0.514. The first-order valence-electron chi connectivity index (χ1n) is 6.42. The minimum atomic E-state index is -0.0481. The van der Waals surface area contributed by atoms with E-state index in [4.69, 9.17) is 4.74 Å². The lowest BCUT2D eigenvalue weighted by atomic mass is 9.80. The highest BCUT2D eigenvalue weighted by Gasteiger charge is 2.34. The Morgan fingerprint density at radius 1 is 0.812 bits per heavy atom. The van der Waals surface area contributed by atoms with Gasteiger partial charge in [-0.15, -0.1) is 0 Å². The van der Waals surface area contributed by atoms with Crippen LogP contribution in [-0.4, -0.2) is 24.8 Å². The third-order valence-electron chi connectivity index (χ3n) is 3.82. The van der Waals surface area contributed by atoms with Crippen LogP contribution in [0.5, 0.6) is 0 Å². The Kier molecular flexibility index (Phi) is 4.10. The number of ether oxygens (including phenoxy) is 1. The molecule has 0 radical (unpaired) electrons. The predicted octanol–water partition coefficient (Wildman–Crippen LogP) is 2.13. The summed E-state index contributed by atoms with van der Waals surface area (Å²) in [7, 11) is 0. The Bertz CT molecular complexity index is 244. The summed E-state index contributed by atoms with van der Waals surface area (Å²) in [4.78, 5) is 23.9. The molecular formula is C13H20O3. The van der Waals surface area contributed by atoms with E-state index in [2.05, 4.69) is 0 Å². The second-order valence-corrected chi connectivity index (χ2v) is 4.90. The minimum Gasteiger partial charge on any atom is -0.381 e. The lowest BCUT2D eigenvalue weighted by Crippen LogP contribution is -2.29. The fraction of sp³-hybridized carbons (Fsp3) is 0.846. The van der Waals surface area contributed by atoms with Crippen LogP contribution in [0.4, 0.5) is 0 Å². The van der Waals surface area contributed by atoms with Crippen molar-refractivity contribution in [2.75, 3.05) is 13.2 Å². The lowest BCUT2D eigenvalue weighted by Gasteiger charge is -2.21. The molecule has 2 fully saturated rings. The number of ketones is 2. The van der Waals surface area contributed by atoms with Crippen molar-refractivity contribution < 1.29 is 14.3 Å². The van der Waals surface area contributed by atoms with Crippen molar-refractivity contribution in [3.8, 4) is 0 Å². The largest absolute Gasteiger partial charge is 0.381 e. The molecule has 0 aromatic carbocycles. The first kappa shape index (κ1) is 11.8. The monoisotopic (exact) mass is 224 g/mol. The molecule has 1 aliphatic carbocycles. The molecule has 1 saturated heterocycles. The van der Waals surface area contributed by atoms with E-state index in [0.29, 0.717) is 31.8 Å². The molecule has 1 saturated carbocycles. The highest BCUT2D eigenvalue weighted by molar-refractivity contribution is 5.90. The highest BCUT2D eigenvalue weighted by atomic mass is 16.5. The number of carbonyl (C=O) groups excluding carboxylic acids is 2. The van der Waals surface area contributed by atoms with Crippen molar-refractivity contribution in [1.82, 2.24) is 0 Å². The van der Waals surface area contributed by atoms with Gasteiger partial charge in [0.05, 0.1) is 6.61 Å². The van der Waals surface area contributed by atoms with Crippen LogP contribution in [0.2, 0.25) is 0 Å². The molecular weight excluding hydrogens is 204 g/mol. The summed E-state index contributed by atoms with van der Waals surface area (Å²) in [6, 6.07) is 0. The summed E-state index contributed by atoms with van der Waals surface area (Å²) >= 11 is 0. The van der Waals surface area contributed by atoms with Gasteiger partial charge >= 0.3 is 0 Å². The Morgan fingerprint density at radius 3 is 2.44 bits per heavy atom. The quantitative estimate of drug-likeness (QED) is 0.641. The third kappa shape index (κ3) is 2.70. The fourth-order valence-electron chi connectivity index (χ4n) is 2.87. The second-order valence-electron chi connectivity index (χ2n) is 4.90. The maximum absolute atomic E-state index is 12.0. The average molecular weight is 224 g/mol. The molecule has 0 aromatic rings. The zero-order chi connectivity index (χ0) is 11.4. The molecule has 90 valence electrons. The van der Waals surface area contributed by atoms with Gasteiger partial charge in [0.1, 0.15) is 11.6 Å².